The maximum atomic E-state index is 11.3. The van der Waals surface area contributed by atoms with Gasteiger partial charge in [0.15, 0.2) is 0 Å². The second-order valence-corrected chi connectivity index (χ2v) is 4.46. The number of benzene rings is 1. The lowest BCUT2D eigenvalue weighted by molar-refractivity contribution is -0.136. The van der Waals surface area contributed by atoms with E-state index in [0.29, 0.717) is 19.6 Å². The van der Waals surface area contributed by atoms with Crippen LogP contribution in [0.1, 0.15) is 17.5 Å². The van der Waals surface area contributed by atoms with Crippen LogP contribution in [0.25, 0.3) is 11.8 Å². The van der Waals surface area contributed by atoms with Crippen LogP contribution in [-0.4, -0.2) is 29.9 Å². The van der Waals surface area contributed by atoms with Crippen molar-refractivity contribution in [1.82, 2.24) is 4.90 Å². The van der Waals surface area contributed by atoms with Crippen LogP contribution in [0.2, 0.25) is 0 Å². The summed E-state index contributed by atoms with van der Waals surface area (Å²) in [6.45, 7) is 0.900. The molecule has 19 heavy (non-hydrogen) atoms. The van der Waals surface area contributed by atoms with Crippen molar-refractivity contribution in [1.29, 1.82) is 0 Å². The third kappa shape index (κ3) is 2.17. The van der Waals surface area contributed by atoms with E-state index in [1.807, 2.05) is 30.3 Å². The molecule has 4 heteroatoms. The van der Waals surface area contributed by atoms with E-state index < -0.39 is 0 Å². The molecule has 0 aromatic heterocycles. The summed E-state index contributed by atoms with van der Waals surface area (Å²) in [5.41, 5.74) is 2.31. The minimum atomic E-state index is -0.238. The van der Waals surface area contributed by atoms with Crippen LogP contribution in [0, 0.1) is 0 Å². The summed E-state index contributed by atoms with van der Waals surface area (Å²) < 4.78 is 5.63. The number of fused-ring (bicyclic) bond motifs is 1. The van der Waals surface area contributed by atoms with Crippen LogP contribution in [0.5, 0.6) is 0 Å². The van der Waals surface area contributed by atoms with E-state index in [1.165, 1.54) is 22.6 Å². The van der Waals surface area contributed by atoms with Crippen molar-refractivity contribution in [3.63, 3.8) is 0 Å². The maximum Gasteiger partial charge on any atom is 0.253 e. The molecule has 0 fully saturated rings. The molecule has 0 N–H and O–H groups in total. The molecule has 0 unspecified atom stereocenters. The first-order chi connectivity index (χ1) is 9.25. The monoisotopic (exact) mass is 255 g/mol. The normalized spacial score (nSPS) is 16.2. The van der Waals surface area contributed by atoms with Gasteiger partial charge >= 0.3 is 0 Å². The first kappa shape index (κ1) is 11.7. The van der Waals surface area contributed by atoms with Crippen LogP contribution in [0.15, 0.2) is 36.4 Å². The summed E-state index contributed by atoms with van der Waals surface area (Å²) in [4.78, 5) is 23.8. The summed E-state index contributed by atoms with van der Waals surface area (Å²) in [5, 5.41) is 0. The third-order valence-electron chi connectivity index (χ3n) is 3.20. The molecule has 1 heterocycles. The highest BCUT2D eigenvalue weighted by Gasteiger charge is 2.22. The fraction of sp³-hybridized carbons (Fsp3) is 0.200. The first-order valence-electron chi connectivity index (χ1n) is 6.23. The molecule has 1 aliphatic heterocycles. The highest BCUT2D eigenvalue weighted by Crippen LogP contribution is 2.32. The van der Waals surface area contributed by atoms with Gasteiger partial charge in [-0.25, -0.2) is 0 Å². The summed E-state index contributed by atoms with van der Waals surface area (Å²) in [6, 6.07) is 8.02. The number of rotatable bonds is 5. The Morgan fingerprint density at radius 2 is 1.79 bits per heavy atom. The van der Waals surface area contributed by atoms with Gasteiger partial charge in [-0.2, -0.15) is 0 Å². The average molecular weight is 255 g/mol. The Labute approximate surface area is 111 Å². The molecule has 0 radical (unpaired) electrons. The molecular formula is C15H13NO3. The van der Waals surface area contributed by atoms with Gasteiger partial charge in [-0.1, -0.05) is 24.3 Å². The molecule has 2 amide bonds. The summed E-state index contributed by atoms with van der Waals surface area (Å²) in [7, 11) is 0. The Hall–Kier alpha value is -2.36. The van der Waals surface area contributed by atoms with Gasteiger partial charge in [-0.05, 0) is 18.1 Å². The van der Waals surface area contributed by atoms with E-state index in [4.69, 9.17) is 4.74 Å². The lowest BCUT2D eigenvalue weighted by atomic mass is 9.96. The maximum absolute atomic E-state index is 11.3. The quantitative estimate of drug-likeness (QED) is 0.595. The van der Waals surface area contributed by atoms with Crippen LogP contribution in [-0.2, 0) is 14.3 Å². The smallest absolute Gasteiger partial charge is 0.253 e. The van der Waals surface area contributed by atoms with Crippen molar-refractivity contribution in [3.8, 4) is 0 Å². The molecule has 0 atom stereocenters. The molecule has 1 aromatic rings. The highest BCUT2D eigenvalue weighted by atomic mass is 16.5. The van der Waals surface area contributed by atoms with Crippen molar-refractivity contribution >= 4 is 23.6 Å². The Bertz CT molecular complexity index is 583. The van der Waals surface area contributed by atoms with Gasteiger partial charge < -0.3 is 4.74 Å². The molecule has 1 aliphatic carbocycles. The fourth-order valence-corrected chi connectivity index (χ4v) is 2.16. The number of imide groups is 1. The first-order valence-corrected chi connectivity index (χ1v) is 6.23. The number of carbonyl (C=O) groups excluding carboxylic acids is 2. The molecule has 96 valence electrons. The van der Waals surface area contributed by atoms with Crippen LogP contribution in [0.3, 0.4) is 0 Å². The average Bonchev–Trinajstić information content (AvgIpc) is 2.70. The van der Waals surface area contributed by atoms with Crippen molar-refractivity contribution in [2.24, 2.45) is 0 Å². The molecule has 0 saturated carbocycles. The van der Waals surface area contributed by atoms with Crippen molar-refractivity contribution in [2.45, 2.75) is 6.42 Å². The number of carbonyl (C=O) groups is 2. The number of hydrogen-bond donors (Lipinski definition) is 0. The van der Waals surface area contributed by atoms with Gasteiger partial charge in [0.05, 0.1) is 6.61 Å². The SMILES string of the molecule is O=C1C=CC(=O)N1CCCOC1=Cc2ccccc21. The zero-order valence-electron chi connectivity index (χ0n) is 10.3. The number of hydrogen-bond acceptors (Lipinski definition) is 3. The third-order valence-corrected chi connectivity index (χ3v) is 3.20. The van der Waals surface area contributed by atoms with Crippen molar-refractivity contribution in [3.05, 3.63) is 47.5 Å². The standard InChI is InChI=1S/C15H13NO3/c17-14-6-7-15(18)16(14)8-3-9-19-13-10-11-4-1-2-5-12(11)13/h1-2,4-7,10H,3,8-9H2. The molecule has 0 bridgehead atoms. The molecule has 2 aliphatic rings. The van der Waals surface area contributed by atoms with E-state index in [2.05, 4.69) is 0 Å². The summed E-state index contributed by atoms with van der Waals surface area (Å²) in [6.07, 6.45) is 5.23. The lowest BCUT2D eigenvalue weighted by Crippen LogP contribution is -2.31. The number of ether oxygens (including phenoxy) is 1. The number of nitrogens with zero attached hydrogens (tertiary/aromatic N) is 1. The largest absolute Gasteiger partial charge is 0.493 e. The van der Waals surface area contributed by atoms with E-state index in [9.17, 15) is 9.59 Å². The Kier molecular flexibility index (Phi) is 2.91. The van der Waals surface area contributed by atoms with Gasteiger partial charge in [0.25, 0.3) is 11.8 Å². The molecule has 0 spiro atoms. The Morgan fingerprint density at radius 3 is 2.53 bits per heavy atom. The highest BCUT2D eigenvalue weighted by molar-refractivity contribution is 6.12. The van der Waals surface area contributed by atoms with E-state index in [1.54, 1.807) is 0 Å². The Morgan fingerprint density at radius 1 is 1.05 bits per heavy atom. The van der Waals surface area contributed by atoms with Crippen LogP contribution >= 0.6 is 0 Å². The van der Waals surface area contributed by atoms with Crippen molar-refractivity contribution < 1.29 is 14.3 Å². The fourth-order valence-electron chi connectivity index (χ4n) is 2.16. The molecule has 3 rings (SSSR count). The Balaban J connectivity index is 1.44. The van der Waals surface area contributed by atoms with Crippen LogP contribution < -0.4 is 0 Å². The van der Waals surface area contributed by atoms with Gasteiger partial charge in [-0.15, -0.1) is 0 Å². The van der Waals surface area contributed by atoms with Crippen LogP contribution in [0.4, 0.5) is 0 Å². The minimum absolute atomic E-state index is 0.238. The lowest BCUT2D eigenvalue weighted by Gasteiger charge is -2.21. The zero-order valence-corrected chi connectivity index (χ0v) is 10.3. The summed E-state index contributed by atoms with van der Waals surface area (Å²) >= 11 is 0. The molecule has 4 nitrogen and oxygen atoms in total. The summed E-state index contributed by atoms with van der Waals surface area (Å²) in [5.74, 6) is 0.407. The van der Waals surface area contributed by atoms with Gasteiger partial charge in [-0.3, -0.25) is 14.5 Å². The van der Waals surface area contributed by atoms with Gasteiger partial charge in [0.2, 0.25) is 0 Å². The molecular weight excluding hydrogens is 242 g/mol. The second-order valence-electron chi connectivity index (χ2n) is 4.46. The van der Waals surface area contributed by atoms with E-state index >= 15 is 0 Å². The van der Waals surface area contributed by atoms with Gasteiger partial charge in [0.1, 0.15) is 5.76 Å². The predicted molar refractivity (Wildman–Crippen MR) is 70.7 cm³/mol. The van der Waals surface area contributed by atoms with Crippen molar-refractivity contribution in [2.75, 3.05) is 13.2 Å². The number of amides is 2. The van der Waals surface area contributed by atoms with E-state index in [0.717, 1.165) is 11.3 Å². The predicted octanol–water partition coefficient (Wildman–Crippen LogP) is 1.83. The van der Waals surface area contributed by atoms with E-state index in [-0.39, 0.29) is 11.8 Å². The second kappa shape index (κ2) is 4.72. The molecule has 1 aromatic carbocycles. The van der Waals surface area contributed by atoms with Gasteiger partial charge in [0, 0.05) is 24.3 Å². The minimum Gasteiger partial charge on any atom is -0.493 e. The topological polar surface area (TPSA) is 46.6 Å². The molecule has 0 saturated heterocycles. The zero-order chi connectivity index (χ0) is 13.2.